The van der Waals surface area contributed by atoms with E-state index in [4.69, 9.17) is 5.73 Å². The number of aromatic nitrogens is 2. The number of benzene rings is 1. The van der Waals surface area contributed by atoms with E-state index >= 15 is 0 Å². The van der Waals surface area contributed by atoms with Crippen LogP contribution in [0, 0.1) is 0 Å². The van der Waals surface area contributed by atoms with Gasteiger partial charge in [0.2, 0.25) is 5.91 Å². The molecule has 142 valence electrons. The van der Waals surface area contributed by atoms with Gasteiger partial charge in [-0.05, 0) is 24.6 Å². The molecule has 9 heteroatoms. The first-order valence-electron chi connectivity index (χ1n) is 8.41. The number of nitrogens with zero attached hydrogens (tertiary/aromatic N) is 1. The number of hydrogen-bond donors (Lipinski definition) is 5. The van der Waals surface area contributed by atoms with E-state index in [1.807, 2.05) is 0 Å². The molecular formula is C18H21N5O4. The number of ether oxygens (including phenoxy) is 1. The lowest BCUT2D eigenvalue weighted by Crippen LogP contribution is -2.19. The van der Waals surface area contributed by atoms with Crippen LogP contribution in [0.5, 0.6) is 0 Å². The van der Waals surface area contributed by atoms with Gasteiger partial charge in [-0.3, -0.25) is 10.1 Å². The maximum atomic E-state index is 12.3. The molecule has 1 aromatic carbocycles. The first-order chi connectivity index (χ1) is 13.0. The van der Waals surface area contributed by atoms with Gasteiger partial charge in [0.15, 0.2) is 0 Å². The number of amides is 2. The Balaban J connectivity index is 2.02. The van der Waals surface area contributed by atoms with E-state index in [2.05, 4.69) is 25.3 Å². The zero-order valence-electron chi connectivity index (χ0n) is 14.7. The summed E-state index contributed by atoms with van der Waals surface area (Å²) in [5, 5.41) is 15.3. The van der Waals surface area contributed by atoms with Gasteiger partial charge in [-0.25, -0.2) is 9.78 Å². The van der Waals surface area contributed by atoms with Crippen molar-refractivity contribution in [3.8, 4) is 11.3 Å². The number of anilines is 2. The quantitative estimate of drug-likeness (QED) is 0.485. The highest BCUT2D eigenvalue weighted by molar-refractivity contribution is 5.97. The SMILES string of the molecule is COC(=O)Nc1ccc2c(c1)NC(=O)CC(O)/C=C/C[C@H](N)c1nc-2c[nH]1. The monoisotopic (exact) mass is 371 g/mol. The van der Waals surface area contributed by atoms with Crippen LogP contribution in [0.25, 0.3) is 11.3 Å². The van der Waals surface area contributed by atoms with Crippen molar-refractivity contribution >= 4 is 23.4 Å². The third-order valence-electron chi connectivity index (χ3n) is 4.09. The molecule has 1 aliphatic rings. The molecule has 1 aliphatic heterocycles. The molecule has 0 saturated carbocycles. The average Bonchev–Trinajstić information content (AvgIpc) is 3.11. The highest BCUT2D eigenvalue weighted by Gasteiger charge is 2.17. The summed E-state index contributed by atoms with van der Waals surface area (Å²) in [6, 6.07) is 4.63. The lowest BCUT2D eigenvalue weighted by molar-refractivity contribution is -0.117. The Morgan fingerprint density at radius 1 is 1.44 bits per heavy atom. The molecule has 1 aromatic heterocycles. The number of aliphatic hydroxyl groups excluding tert-OH is 1. The first kappa shape index (κ1) is 18.6. The van der Waals surface area contributed by atoms with E-state index in [1.54, 1.807) is 30.5 Å². The standard InChI is InChI=1S/C18H21N5O4/c1-27-18(26)21-10-5-6-12-14(7-10)22-16(25)8-11(24)3-2-4-13(19)17-20-9-15(12)23-17/h2-3,5-7,9,11,13,24H,4,8,19H2,1H3,(H,20,23)(H,21,26)(H,22,25)/b3-2+/t11?,13-/m0/s1. The molecule has 2 atom stereocenters. The van der Waals surface area contributed by atoms with E-state index in [0.29, 0.717) is 34.9 Å². The van der Waals surface area contributed by atoms with Gasteiger partial charge in [-0.15, -0.1) is 0 Å². The second-order valence-electron chi connectivity index (χ2n) is 6.14. The lowest BCUT2D eigenvalue weighted by Gasteiger charge is -2.13. The van der Waals surface area contributed by atoms with Crippen molar-refractivity contribution in [1.29, 1.82) is 0 Å². The predicted octanol–water partition coefficient (Wildman–Crippen LogP) is 1.90. The lowest BCUT2D eigenvalue weighted by atomic mass is 10.1. The normalized spacial score (nSPS) is 20.9. The van der Waals surface area contributed by atoms with Crippen LogP contribution in [0.15, 0.2) is 36.5 Å². The summed E-state index contributed by atoms with van der Waals surface area (Å²) in [6.07, 6.45) is 3.79. The zero-order valence-corrected chi connectivity index (χ0v) is 14.7. The second kappa shape index (κ2) is 8.02. The molecular weight excluding hydrogens is 350 g/mol. The minimum atomic E-state index is -0.927. The highest BCUT2D eigenvalue weighted by Crippen LogP contribution is 2.31. The maximum absolute atomic E-state index is 12.3. The molecule has 2 heterocycles. The molecule has 2 aromatic rings. The number of nitrogens with two attached hydrogens (primary N) is 1. The topological polar surface area (TPSA) is 142 Å². The fourth-order valence-corrected chi connectivity index (χ4v) is 2.74. The van der Waals surface area contributed by atoms with Crippen LogP contribution < -0.4 is 16.4 Å². The van der Waals surface area contributed by atoms with Gasteiger partial charge in [0.05, 0.1) is 37.1 Å². The van der Waals surface area contributed by atoms with Crippen molar-refractivity contribution in [2.75, 3.05) is 17.7 Å². The van der Waals surface area contributed by atoms with Crippen LogP contribution in [0.2, 0.25) is 0 Å². The van der Waals surface area contributed by atoms with Crippen molar-refractivity contribution < 1.29 is 19.4 Å². The second-order valence-corrected chi connectivity index (χ2v) is 6.14. The molecule has 27 heavy (non-hydrogen) atoms. The Bertz CT molecular complexity index is 876. The number of nitrogens with one attached hydrogen (secondary N) is 3. The van der Waals surface area contributed by atoms with Crippen molar-refractivity contribution in [3.63, 3.8) is 0 Å². The smallest absolute Gasteiger partial charge is 0.411 e. The predicted molar refractivity (Wildman–Crippen MR) is 100.0 cm³/mol. The summed E-state index contributed by atoms with van der Waals surface area (Å²) in [7, 11) is 1.26. The molecule has 0 radical (unpaired) electrons. The van der Waals surface area contributed by atoms with Crippen LogP contribution >= 0.6 is 0 Å². The number of rotatable bonds is 1. The van der Waals surface area contributed by atoms with Gasteiger partial charge in [0.1, 0.15) is 5.82 Å². The number of methoxy groups -OCH3 is 1. The van der Waals surface area contributed by atoms with Gasteiger partial charge in [-0.2, -0.15) is 0 Å². The van der Waals surface area contributed by atoms with Crippen LogP contribution in [0.3, 0.4) is 0 Å². The van der Waals surface area contributed by atoms with E-state index in [1.165, 1.54) is 13.2 Å². The van der Waals surface area contributed by atoms with Crippen molar-refractivity contribution in [3.05, 3.63) is 42.4 Å². The van der Waals surface area contributed by atoms with Crippen LogP contribution in [-0.2, 0) is 9.53 Å². The number of aliphatic hydroxyl groups is 1. The molecule has 0 aliphatic carbocycles. The van der Waals surface area contributed by atoms with Gasteiger partial charge < -0.3 is 25.9 Å². The molecule has 3 rings (SSSR count). The van der Waals surface area contributed by atoms with Crippen molar-refractivity contribution in [1.82, 2.24) is 9.97 Å². The Kier molecular flexibility index (Phi) is 5.53. The summed E-state index contributed by atoms with van der Waals surface area (Å²) < 4.78 is 4.58. The summed E-state index contributed by atoms with van der Waals surface area (Å²) in [6.45, 7) is 0. The minimum Gasteiger partial charge on any atom is -0.453 e. The van der Waals surface area contributed by atoms with Gasteiger partial charge >= 0.3 is 6.09 Å². The minimum absolute atomic E-state index is 0.106. The molecule has 0 spiro atoms. The van der Waals surface area contributed by atoms with Gasteiger partial charge in [0, 0.05) is 17.4 Å². The number of imidazole rings is 1. The summed E-state index contributed by atoms with van der Waals surface area (Å²) in [5.74, 6) is 0.223. The number of carbonyl (C=O) groups is 2. The van der Waals surface area contributed by atoms with Crippen LogP contribution in [-0.4, -0.2) is 40.3 Å². The Labute approximate surface area is 155 Å². The molecule has 6 N–H and O–H groups in total. The first-order valence-corrected chi connectivity index (χ1v) is 8.41. The van der Waals surface area contributed by atoms with Crippen molar-refractivity contribution in [2.45, 2.75) is 25.0 Å². The van der Waals surface area contributed by atoms with Gasteiger partial charge in [-0.1, -0.05) is 12.2 Å². The molecule has 2 amide bonds. The summed E-state index contributed by atoms with van der Waals surface area (Å²) in [4.78, 5) is 31.3. The highest BCUT2D eigenvalue weighted by atomic mass is 16.5. The Hall–Kier alpha value is -3.17. The number of carbonyl (C=O) groups excluding carboxylic acids is 2. The third-order valence-corrected chi connectivity index (χ3v) is 4.09. The fourth-order valence-electron chi connectivity index (χ4n) is 2.74. The third kappa shape index (κ3) is 4.52. The van der Waals surface area contributed by atoms with E-state index in [9.17, 15) is 14.7 Å². The molecule has 2 bridgehead atoms. The van der Waals surface area contributed by atoms with E-state index in [0.717, 1.165) is 0 Å². The van der Waals surface area contributed by atoms with Crippen LogP contribution in [0.4, 0.5) is 16.2 Å². The Morgan fingerprint density at radius 3 is 3.04 bits per heavy atom. The maximum Gasteiger partial charge on any atom is 0.411 e. The average molecular weight is 371 g/mol. The fraction of sp³-hybridized carbons (Fsp3) is 0.278. The van der Waals surface area contributed by atoms with Gasteiger partial charge in [0.25, 0.3) is 0 Å². The summed E-state index contributed by atoms with van der Waals surface area (Å²) in [5.41, 5.74) is 8.25. The molecule has 0 fully saturated rings. The van der Waals surface area contributed by atoms with Crippen molar-refractivity contribution in [2.24, 2.45) is 5.73 Å². The molecule has 9 nitrogen and oxygen atoms in total. The molecule has 1 unspecified atom stereocenters. The zero-order chi connectivity index (χ0) is 19.4. The number of H-pyrrole nitrogens is 1. The van der Waals surface area contributed by atoms with Crippen LogP contribution in [0.1, 0.15) is 24.7 Å². The Morgan fingerprint density at radius 2 is 2.26 bits per heavy atom. The number of hydrogen-bond acceptors (Lipinski definition) is 6. The van der Waals surface area contributed by atoms with E-state index < -0.39 is 12.2 Å². The number of aromatic amines is 1. The number of fused-ring (bicyclic) bond motifs is 4. The largest absolute Gasteiger partial charge is 0.453 e. The van der Waals surface area contributed by atoms with E-state index in [-0.39, 0.29) is 18.4 Å². The molecule has 0 saturated heterocycles. The summed E-state index contributed by atoms with van der Waals surface area (Å²) >= 11 is 0.